The highest BCUT2D eigenvalue weighted by Crippen LogP contribution is 2.50. The van der Waals surface area contributed by atoms with Crippen molar-refractivity contribution in [3.63, 3.8) is 0 Å². The molecule has 1 saturated carbocycles. The second-order valence-corrected chi connectivity index (χ2v) is 8.22. The first-order chi connectivity index (χ1) is 15.6. The quantitative estimate of drug-likeness (QED) is 0.441. The third-order valence-electron chi connectivity index (χ3n) is 6.25. The van der Waals surface area contributed by atoms with Crippen molar-refractivity contribution in [3.8, 4) is 11.8 Å². The van der Waals surface area contributed by atoms with Crippen LogP contribution in [0.25, 0.3) is 16.7 Å². The molecule has 9 heteroatoms. The summed E-state index contributed by atoms with van der Waals surface area (Å²) in [7, 11) is 0. The molecule has 160 valence electrons. The number of alkyl halides is 2. The predicted octanol–water partition coefficient (Wildman–Crippen LogP) is 4.29. The standard InChI is InChI=1S/C23H17F3N6/c24-16-4-1-5-17-19(16)20(29-22-30-28-13-32(17)22)31-10-2-3-15-14(11-27-12-18(15)31)6-7-23(8-9-23)21(25)26/h1,4-5,11-13,21H,2-3,8-10H2. The number of benzene rings is 1. The number of nitrogens with zero attached hydrogens (tertiary/aromatic N) is 6. The Bertz CT molecular complexity index is 1430. The minimum Gasteiger partial charge on any atom is -0.324 e. The Morgan fingerprint density at radius 1 is 1.16 bits per heavy atom. The summed E-state index contributed by atoms with van der Waals surface area (Å²) in [5, 5.41) is 8.32. The highest BCUT2D eigenvalue weighted by molar-refractivity contribution is 5.94. The zero-order valence-electron chi connectivity index (χ0n) is 16.9. The molecule has 0 N–H and O–H groups in total. The lowest BCUT2D eigenvalue weighted by atomic mass is 9.97. The van der Waals surface area contributed by atoms with Gasteiger partial charge in [-0.15, -0.1) is 10.2 Å². The van der Waals surface area contributed by atoms with Crippen molar-refractivity contribution in [1.82, 2.24) is 24.6 Å². The van der Waals surface area contributed by atoms with Crippen molar-refractivity contribution < 1.29 is 13.2 Å². The number of rotatable bonds is 2. The van der Waals surface area contributed by atoms with E-state index < -0.39 is 17.7 Å². The minimum absolute atomic E-state index is 0.360. The summed E-state index contributed by atoms with van der Waals surface area (Å²) in [4.78, 5) is 10.8. The molecule has 2 aliphatic rings. The Hall–Kier alpha value is -3.67. The monoisotopic (exact) mass is 434 g/mol. The molecule has 6 rings (SSSR count). The van der Waals surface area contributed by atoms with Gasteiger partial charge in [-0.25, -0.2) is 13.2 Å². The van der Waals surface area contributed by atoms with E-state index in [4.69, 9.17) is 0 Å². The van der Waals surface area contributed by atoms with Gasteiger partial charge >= 0.3 is 0 Å². The molecule has 0 unspecified atom stereocenters. The van der Waals surface area contributed by atoms with Crippen LogP contribution < -0.4 is 4.90 Å². The normalized spacial score (nSPS) is 16.8. The Labute approximate surface area is 181 Å². The van der Waals surface area contributed by atoms with Crippen molar-refractivity contribution in [2.75, 3.05) is 11.4 Å². The Balaban J connectivity index is 1.52. The molecule has 3 aromatic heterocycles. The van der Waals surface area contributed by atoms with Crippen LogP contribution in [0.2, 0.25) is 0 Å². The minimum atomic E-state index is -2.45. The van der Waals surface area contributed by atoms with Gasteiger partial charge in [-0.2, -0.15) is 4.98 Å². The molecule has 1 fully saturated rings. The first-order valence-corrected chi connectivity index (χ1v) is 10.4. The summed E-state index contributed by atoms with van der Waals surface area (Å²) in [6, 6.07) is 4.83. The molecule has 1 aliphatic heterocycles. The van der Waals surface area contributed by atoms with Crippen LogP contribution >= 0.6 is 0 Å². The zero-order chi connectivity index (χ0) is 21.9. The van der Waals surface area contributed by atoms with Crippen LogP contribution in [-0.2, 0) is 6.42 Å². The summed E-state index contributed by atoms with van der Waals surface area (Å²) in [6.07, 6.45) is 4.71. The number of hydrogen-bond acceptors (Lipinski definition) is 5. The number of fused-ring (bicyclic) bond motifs is 4. The van der Waals surface area contributed by atoms with E-state index in [1.807, 2.05) is 4.90 Å². The summed E-state index contributed by atoms with van der Waals surface area (Å²) in [6.45, 7) is 0.604. The molecule has 0 saturated heterocycles. The third-order valence-corrected chi connectivity index (χ3v) is 6.25. The zero-order valence-corrected chi connectivity index (χ0v) is 16.9. The predicted molar refractivity (Wildman–Crippen MR) is 112 cm³/mol. The number of hydrogen-bond donors (Lipinski definition) is 0. The summed E-state index contributed by atoms with van der Waals surface area (Å²) in [5.41, 5.74) is 1.73. The number of anilines is 2. The molecule has 4 heterocycles. The van der Waals surface area contributed by atoms with Gasteiger partial charge in [-0.3, -0.25) is 9.38 Å². The Kier molecular flexibility index (Phi) is 4.12. The van der Waals surface area contributed by atoms with Crippen LogP contribution in [-0.4, -0.2) is 37.5 Å². The number of aromatic nitrogens is 5. The van der Waals surface area contributed by atoms with Crippen molar-refractivity contribution in [2.24, 2.45) is 5.41 Å². The van der Waals surface area contributed by atoms with Crippen molar-refractivity contribution in [1.29, 1.82) is 0 Å². The van der Waals surface area contributed by atoms with E-state index in [0.717, 1.165) is 24.1 Å². The van der Waals surface area contributed by atoms with E-state index in [0.29, 0.717) is 47.4 Å². The van der Waals surface area contributed by atoms with Crippen molar-refractivity contribution >= 4 is 28.2 Å². The van der Waals surface area contributed by atoms with Gasteiger partial charge in [0.1, 0.15) is 18.0 Å². The molecule has 0 spiro atoms. The van der Waals surface area contributed by atoms with Gasteiger partial charge in [0.05, 0.1) is 28.2 Å². The fourth-order valence-electron chi connectivity index (χ4n) is 4.31. The summed E-state index contributed by atoms with van der Waals surface area (Å²) >= 11 is 0. The van der Waals surface area contributed by atoms with E-state index in [1.54, 1.807) is 28.9 Å². The fraction of sp³-hybridized carbons (Fsp3) is 0.304. The van der Waals surface area contributed by atoms with E-state index in [-0.39, 0.29) is 0 Å². The topological polar surface area (TPSA) is 59.2 Å². The Morgan fingerprint density at radius 3 is 2.84 bits per heavy atom. The Morgan fingerprint density at radius 2 is 2.03 bits per heavy atom. The summed E-state index contributed by atoms with van der Waals surface area (Å²) in [5.74, 6) is 6.15. The van der Waals surface area contributed by atoms with Gasteiger partial charge in [0.25, 0.3) is 12.2 Å². The van der Waals surface area contributed by atoms with Gasteiger partial charge in [0.15, 0.2) is 0 Å². The van der Waals surface area contributed by atoms with Gasteiger partial charge < -0.3 is 4.90 Å². The SMILES string of the molecule is Fc1cccc2c1c(N1CCCc3c(C#CC4(C(F)F)CC4)cncc31)nc1nncn12. The maximum absolute atomic E-state index is 15.0. The second-order valence-electron chi connectivity index (χ2n) is 8.22. The highest BCUT2D eigenvalue weighted by atomic mass is 19.3. The molecule has 0 radical (unpaired) electrons. The van der Waals surface area contributed by atoms with Crippen LogP contribution in [0.3, 0.4) is 0 Å². The average Bonchev–Trinajstić information content (AvgIpc) is 3.45. The fourth-order valence-corrected chi connectivity index (χ4v) is 4.31. The van der Waals surface area contributed by atoms with Crippen LogP contribution in [0.15, 0.2) is 36.9 Å². The van der Waals surface area contributed by atoms with E-state index >= 15 is 0 Å². The first-order valence-electron chi connectivity index (χ1n) is 10.4. The van der Waals surface area contributed by atoms with Gasteiger partial charge in [-0.05, 0) is 43.4 Å². The molecule has 1 aromatic carbocycles. The molecule has 0 bridgehead atoms. The highest BCUT2D eigenvalue weighted by Gasteiger charge is 2.50. The maximum atomic E-state index is 15.0. The number of halogens is 3. The molecule has 0 amide bonds. The van der Waals surface area contributed by atoms with Gasteiger partial charge in [-0.1, -0.05) is 17.9 Å². The molecular formula is C23H17F3N6. The lowest BCUT2D eigenvalue weighted by Gasteiger charge is -2.31. The lowest BCUT2D eigenvalue weighted by molar-refractivity contribution is 0.0921. The van der Waals surface area contributed by atoms with Crippen LogP contribution in [0.1, 0.15) is 30.4 Å². The van der Waals surface area contributed by atoms with Crippen molar-refractivity contribution in [2.45, 2.75) is 32.1 Å². The largest absolute Gasteiger partial charge is 0.324 e. The van der Waals surface area contributed by atoms with E-state index in [1.165, 1.54) is 12.4 Å². The molecule has 6 nitrogen and oxygen atoms in total. The molecule has 4 aromatic rings. The van der Waals surface area contributed by atoms with E-state index in [2.05, 4.69) is 32.0 Å². The van der Waals surface area contributed by atoms with Crippen LogP contribution in [0.5, 0.6) is 0 Å². The van der Waals surface area contributed by atoms with E-state index in [9.17, 15) is 13.2 Å². The van der Waals surface area contributed by atoms with Crippen molar-refractivity contribution in [3.05, 3.63) is 53.9 Å². The third kappa shape index (κ3) is 2.83. The second kappa shape index (κ2) is 6.92. The number of pyridine rings is 1. The molecule has 1 aliphatic carbocycles. The lowest BCUT2D eigenvalue weighted by Crippen LogP contribution is -2.27. The summed E-state index contributed by atoms with van der Waals surface area (Å²) < 4.78 is 43.2. The van der Waals surface area contributed by atoms with Crippen LogP contribution in [0, 0.1) is 23.1 Å². The van der Waals surface area contributed by atoms with Gasteiger partial charge in [0, 0.05) is 18.3 Å². The first kappa shape index (κ1) is 19.0. The van der Waals surface area contributed by atoms with Gasteiger partial charge in [0.2, 0.25) is 0 Å². The maximum Gasteiger partial charge on any atom is 0.257 e. The molecular weight excluding hydrogens is 417 g/mol. The molecule has 0 atom stereocenters. The molecule has 32 heavy (non-hydrogen) atoms. The smallest absolute Gasteiger partial charge is 0.257 e. The average molecular weight is 434 g/mol. The van der Waals surface area contributed by atoms with Crippen LogP contribution in [0.4, 0.5) is 24.7 Å².